The lowest BCUT2D eigenvalue weighted by Crippen LogP contribution is -2.44. The third-order valence-electron chi connectivity index (χ3n) is 6.76. The van der Waals surface area contributed by atoms with Crippen molar-refractivity contribution >= 4 is 5.91 Å². The van der Waals surface area contributed by atoms with Crippen LogP contribution in [0.3, 0.4) is 0 Å². The molecule has 3 rings (SSSR count). The first-order valence-electron chi connectivity index (χ1n) is 11.7. The Kier molecular flexibility index (Phi) is 8.30. The Hall–Kier alpha value is -2.40. The molecule has 1 saturated heterocycles. The Morgan fingerprint density at radius 1 is 1.22 bits per heavy atom. The fourth-order valence-corrected chi connectivity index (χ4v) is 4.77. The largest absolute Gasteiger partial charge is 0.496 e. The van der Waals surface area contributed by atoms with E-state index in [2.05, 4.69) is 19.9 Å². The normalized spacial score (nSPS) is 20.9. The molecular weight excluding hydrogens is 405 g/mol. The maximum absolute atomic E-state index is 14.3. The summed E-state index contributed by atoms with van der Waals surface area (Å²) in [7, 11) is 1.71. The highest BCUT2D eigenvalue weighted by Crippen LogP contribution is 2.45. The van der Waals surface area contributed by atoms with Gasteiger partial charge in [0.1, 0.15) is 11.6 Å². The molecule has 0 radical (unpaired) electrons. The minimum absolute atomic E-state index is 0.0379. The molecule has 5 heteroatoms. The van der Waals surface area contributed by atoms with Gasteiger partial charge >= 0.3 is 0 Å². The molecule has 0 bridgehead atoms. The average molecular weight is 442 g/mol. The topological polar surface area (TPSA) is 38.8 Å². The summed E-state index contributed by atoms with van der Waals surface area (Å²) in [5.41, 5.74) is 1.56. The number of para-hydroxylation sites is 1. The molecule has 2 atom stereocenters. The van der Waals surface area contributed by atoms with E-state index in [0.717, 1.165) is 25.0 Å². The van der Waals surface area contributed by atoms with Crippen molar-refractivity contribution in [2.75, 3.05) is 20.3 Å². The van der Waals surface area contributed by atoms with Gasteiger partial charge in [-0.25, -0.2) is 4.39 Å². The van der Waals surface area contributed by atoms with Crippen LogP contribution in [0.2, 0.25) is 0 Å². The Morgan fingerprint density at radius 2 is 1.94 bits per heavy atom. The number of methoxy groups -OCH3 is 1. The summed E-state index contributed by atoms with van der Waals surface area (Å²) in [5, 5.41) is 0. The number of amides is 1. The van der Waals surface area contributed by atoms with Gasteiger partial charge in [-0.15, -0.1) is 0 Å². The van der Waals surface area contributed by atoms with Gasteiger partial charge < -0.3 is 14.4 Å². The van der Waals surface area contributed by atoms with Crippen molar-refractivity contribution in [1.82, 2.24) is 4.90 Å². The minimum Gasteiger partial charge on any atom is -0.496 e. The van der Waals surface area contributed by atoms with Crippen LogP contribution in [-0.4, -0.2) is 37.2 Å². The summed E-state index contributed by atoms with van der Waals surface area (Å²) < 4.78 is 26.2. The maximum atomic E-state index is 14.3. The van der Waals surface area contributed by atoms with E-state index in [9.17, 15) is 9.18 Å². The van der Waals surface area contributed by atoms with Crippen LogP contribution in [0.15, 0.2) is 48.5 Å². The van der Waals surface area contributed by atoms with Crippen molar-refractivity contribution in [1.29, 1.82) is 0 Å². The first-order valence-corrected chi connectivity index (χ1v) is 11.7. The molecule has 1 heterocycles. The molecule has 1 aliphatic heterocycles. The molecule has 0 N–H and O–H groups in total. The first kappa shape index (κ1) is 24.2. The van der Waals surface area contributed by atoms with E-state index >= 15 is 0 Å². The number of ether oxygens (including phenoxy) is 2. The highest BCUT2D eigenvalue weighted by atomic mass is 19.1. The van der Waals surface area contributed by atoms with Crippen molar-refractivity contribution in [3.05, 3.63) is 65.5 Å². The number of carbonyl (C=O) groups excluding carboxylic acids is 1. The summed E-state index contributed by atoms with van der Waals surface area (Å²) in [6.45, 7) is 7.75. The van der Waals surface area contributed by atoms with Crippen molar-refractivity contribution in [3.8, 4) is 5.75 Å². The lowest BCUT2D eigenvalue weighted by atomic mass is 9.68. The standard InChI is InChI=1S/C27H36FNO3/c1-5-26(30)29(19-21-10-6-8-12-23(21)28)16-14-27(15-17-32-25(18-27)20(2)3)22-11-7-9-13-24(22)31-4/h6-13,20,25H,5,14-19H2,1-4H3/t25-,27-/m1/s1. The summed E-state index contributed by atoms with van der Waals surface area (Å²) in [4.78, 5) is 14.6. The molecule has 4 nitrogen and oxygen atoms in total. The molecule has 0 aromatic heterocycles. The Bertz CT molecular complexity index is 900. The van der Waals surface area contributed by atoms with Crippen molar-refractivity contribution in [2.45, 2.75) is 64.5 Å². The van der Waals surface area contributed by atoms with Crippen molar-refractivity contribution in [3.63, 3.8) is 0 Å². The fraction of sp³-hybridized carbons (Fsp3) is 0.519. The molecular formula is C27H36FNO3. The second-order valence-corrected chi connectivity index (χ2v) is 9.10. The van der Waals surface area contributed by atoms with Crippen molar-refractivity contribution in [2.24, 2.45) is 5.92 Å². The molecule has 0 unspecified atom stereocenters. The number of nitrogens with zero attached hydrogens (tertiary/aromatic N) is 1. The summed E-state index contributed by atoms with van der Waals surface area (Å²) in [6.07, 6.45) is 3.06. The quantitative estimate of drug-likeness (QED) is 0.498. The monoisotopic (exact) mass is 441 g/mol. The van der Waals surface area contributed by atoms with E-state index in [1.807, 2.05) is 31.2 Å². The second-order valence-electron chi connectivity index (χ2n) is 9.10. The predicted octanol–water partition coefficient (Wildman–Crippen LogP) is 5.74. The second kappa shape index (κ2) is 11.0. The van der Waals surface area contributed by atoms with Gasteiger partial charge in [0, 0.05) is 42.7 Å². The zero-order valence-electron chi connectivity index (χ0n) is 19.8. The van der Waals surface area contributed by atoms with Gasteiger partial charge in [0.05, 0.1) is 13.2 Å². The molecule has 2 aromatic rings. The Labute approximate surface area is 191 Å². The van der Waals surface area contributed by atoms with Crippen LogP contribution >= 0.6 is 0 Å². The molecule has 1 aliphatic rings. The van der Waals surface area contributed by atoms with Gasteiger partial charge in [0.15, 0.2) is 0 Å². The highest BCUT2D eigenvalue weighted by Gasteiger charge is 2.41. The number of hydrogen-bond acceptors (Lipinski definition) is 3. The molecule has 1 fully saturated rings. The summed E-state index contributed by atoms with van der Waals surface area (Å²) >= 11 is 0. The average Bonchev–Trinajstić information content (AvgIpc) is 2.82. The van der Waals surface area contributed by atoms with Crippen molar-refractivity contribution < 1.29 is 18.7 Å². The Morgan fingerprint density at radius 3 is 2.62 bits per heavy atom. The molecule has 0 saturated carbocycles. The van der Waals surface area contributed by atoms with E-state index in [1.54, 1.807) is 24.1 Å². The third-order valence-corrected chi connectivity index (χ3v) is 6.76. The fourth-order valence-electron chi connectivity index (χ4n) is 4.77. The third kappa shape index (κ3) is 5.50. The smallest absolute Gasteiger partial charge is 0.222 e. The van der Waals surface area contributed by atoms with E-state index < -0.39 is 0 Å². The van der Waals surface area contributed by atoms with Gasteiger partial charge in [-0.2, -0.15) is 0 Å². The zero-order valence-corrected chi connectivity index (χ0v) is 19.8. The Balaban J connectivity index is 1.91. The molecule has 2 aromatic carbocycles. The summed E-state index contributed by atoms with van der Waals surface area (Å²) in [6, 6.07) is 14.9. The van der Waals surface area contributed by atoms with E-state index in [-0.39, 0.29) is 29.8 Å². The van der Waals surface area contributed by atoms with E-state index in [0.29, 0.717) is 31.1 Å². The van der Waals surface area contributed by atoms with Crippen LogP contribution in [0.4, 0.5) is 4.39 Å². The maximum Gasteiger partial charge on any atom is 0.222 e. The number of hydrogen-bond donors (Lipinski definition) is 0. The van der Waals surface area contributed by atoms with Crippen LogP contribution in [0.5, 0.6) is 5.75 Å². The molecule has 32 heavy (non-hydrogen) atoms. The van der Waals surface area contributed by atoms with Crippen LogP contribution < -0.4 is 4.74 Å². The lowest BCUT2D eigenvalue weighted by Gasteiger charge is -2.44. The van der Waals surface area contributed by atoms with Gasteiger partial charge in [0.25, 0.3) is 0 Å². The van der Waals surface area contributed by atoms with Gasteiger partial charge in [-0.1, -0.05) is 57.2 Å². The first-order chi connectivity index (χ1) is 15.4. The zero-order chi connectivity index (χ0) is 23.1. The van der Waals surface area contributed by atoms with E-state index in [4.69, 9.17) is 9.47 Å². The van der Waals surface area contributed by atoms with Crippen LogP contribution in [0.1, 0.15) is 57.6 Å². The number of carbonyl (C=O) groups is 1. The number of rotatable bonds is 9. The summed E-state index contributed by atoms with van der Waals surface area (Å²) in [5.74, 6) is 1.04. The number of benzene rings is 2. The molecule has 0 aliphatic carbocycles. The van der Waals surface area contributed by atoms with Gasteiger partial charge in [-0.3, -0.25) is 4.79 Å². The highest BCUT2D eigenvalue weighted by molar-refractivity contribution is 5.75. The van der Waals surface area contributed by atoms with Crippen LogP contribution in [-0.2, 0) is 21.5 Å². The lowest BCUT2D eigenvalue weighted by molar-refractivity contribution is -0.132. The van der Waals surface area contributed by atoms with Crippen LogP contribution in [0, 0.1) is 11.7 Å². The molecule has 0 spiro atoms. The van der Waals surface area contributed by atoms with Gasteiger partial charge in [0.2, 0.25) is 5.91 Å². The predicted molar refractivity (Wildman–Crippen MR) is 125 cm³/mol. The minimum atomic E-state index is -0.271. The number of halogens is 1. The van der Waals surface area contributed by atoms with Gasteiger partial charge in [-0.05, 0) is 37.3 Å². The molecule has 1 amide bonds. The van der Waals surface area contributed by atoms with Crippen LogP contribution in [0.25, 0.3) is 0 Å². The molecule has 174 valence electrons. The van der Waals surface area contributed by atoms with E-state index in [1.165, 1.54) is 11.6 Å². The SMILES string of the molecule is CCC(=O)N(CC[C@@]1(c2ccccc2OC)CCO[C@@H](C(C)C)C1)Cc1ccccc1F.